The lowest BCUT2D eigenvalue weighted by atomic mass is 9.91. The zero-order valence-electron chi connectivity index (χ0n) is 10.7. The van der Waals surface area contributed by atoms with Gasteiger partial charge in [-0.1, -0.05) is 0 Å². The van der Waals surface area contributed by atoms with Gasteiger partial charge in [-0.05, 0) is 53.8 Å². The van der Waals surface area contributed by atoms with Crippen LogP contribution >= 0.6 is 0 Å². The number of rotatable bonds is 2. The number of hydrogen-bond acceptors (Lipinski definition) is 3. The fraction of sp³-hybridized carbons (Fsp3) is 0.917. The smallest absolute Gasteiger partial charge is 0.339 e. The Hall–Kier alpha value is -0.610. The maximum atomic E-state index is 11.9. The Morgan fingerprint density at radius 2 is 1.81 bits per heavy atom. The lowest BCUT2D eigenvalue weighted by Crippen LogP contribution is -2.41. The number of carbonyl (C=O) groups is 1. The Morgan fingerprint density at radius 3 is 2.25 bits per heavy atom. The zero-order valence-corrected chi connectivity index (χ0v) is 10.7. The summed E-state index contributed by atoms with van der Waals surface area (Å²) in [5, 5.41) is 11.9. The van der Waals surface area contributed by atoms with Crippen molar-refractivity contribution in [3.63, 3.8) is 0 Å². The average Bonchev–Trinajstić information content (AvgIpc) is 2.15. The molecule has 0 aromatic carbocycles. The molecular weight excluding hydrogens is 206 g/mol. The highest BCUT2D eigenvalue weighted by molar-refractivity contribution is 5.75. The minimum atomic E-state index is -1.21. The first kappa shape index (κ1) is 13.5. The Morgan fingerprint density at radius 1 is 1.31 bits per heavy atom. The number of esters is 1. The molecule has 1 aliphatic heterocycles. The molecule has 0 bridgehead atoms. The summed E-state index contributed by atoms with van der Waals surface area (Å²) in [5.74, 6) is -0.659. The molecule has 0 amide bonds. The van der Waals surface area contributed by atoms with Crippen LogP contribution in [0, 0.1) is 5.92 Å². The average molecular weight is 228 g/mol. The van der Waals surface area contributed by atoms with Crippen LogP contribution in [-0.2, 0) is 14.6 Å². The van der Waals surface area contributed by atoms with Gasteiger partial charge >= 0.3 is 5.97 Å². The van der Waals surface area contributed by atoms with Gasteiger partial charge in [-0.3, -0.25) is 0 Å². The van der Waals surface area contributed by atoms with Crippen molar-refractivity contribution in [3.05, 3.63) is 0 Å². The van der Waals surface area contributed by atoms with E-state index in [4.69, 9.17) is 4.74 Å². The summed E-state index contributed by atoms with van der Waals surface area (Å²) in [6, 6.07) is 0. The number of hydrogen-bond donors (Lipinski definition) is 0. The molecule has 16 heavy (non-hydrogen) atoms. The highest BCUT2D eigenvalue weighted by Crippen LogP contribution is 2.22. The Labute approximate surface area is 97.6 Å². The quantitative estimate of drug-likeness (QED) is 0.672. The van der Waals surface area contributed by atoms with Gasteiger partial charge in [0.15, 0.2) is 6.10 Å². The van der Waals surface area contributed by atoms with Crippen LogP contribution in [0.4, 0.5) is 0 Å². The monoisotopic (exact) mass is 228 g/mol. The number of likely N-dealkylation sites (tertiary alicyclic amines) is 1. The zero-order chi connectivity index (χ0) is 12.3. The second kappa shape index (κ2) is 5.15. The number of piperidine rings is 1. The van der Waals surface area contributed by atoms with Gasteiger partial charge in [0, 0.05) is 5.92 Å². The molecule has 1 radical (unpaired) electrons. The van der Waals surface area contributed by atoms with Crippen LogP contribution in [0.15, 0.2) is 0 Å². The third-order valence-electron chi connectivity index (χ3n) is 2.83. The summed E-state index contributed by atoms with van der Waals surface area (Å²) in [6.45, 7) is 7.14. The lowest BCUT2D eigenvalue weighted by molar-refractivity contribution is -0.173. The van der Waals surface area contributed by atoms with Crippen molar-refractivity contribution in [2.24, 2.45) is 5.92 Å². The summed E-state index contributed by atoms with van der Waals surface area (Å²) in [7, 11) is 2.03. The van der Waals surface area contributed by atoms with Crippen LogP contribution in [0.5, 0.6) is 0 Å². The van der Waals surface area contributed by atoms with E-state index in [2.05, 4.69) is 4.90 Å². The molecule has 0 aliphatic carbocycles. The van der Waals surface area contributed by atoms with Gasteiger partial charge in [-0.2, -0.15) is 0 Å². The molecule has 1 heterocycles. The van der Waals surface area contributed by atoms with Crippen LogP contribution < -0.4 is 0 Å². The van der Waals surface area contributed by atoms with E-state index in [0.717, 1.165) is 25.9 Å². The Balaban J connectivity index is 2.45. The lowest BCUT2D eigenvalue weighted by Gasteiger charge is -2.31. The van der Waals surface area contributed by atoms with Gasteiger partial charge < -0.3 is 9.64 Å². The Bertz CT molecular complexity index is 239. The molecule has 0 aromatic rings. The molecular formula is C12H22NO3. The predicted octanol–water partition coefficient (Wildman–Crippen LogP) is 1.47. The van der Waals surface area contributed by atoms with Crippen LogP contribution in [-0.4, -0.2) is 42.7 Å². The maximum Gasteiger partial charge on any atom is 0.339 e. The molecule has 1 rings (SSSR count). The SMILES string of the molecule is CN1CCC([C@H]([O])C(=O)OC(C)(C)C)CC1. The van der Waals surface area contributed by atoms with E-state index >= 15 is 0 Å². The van der Waals surface area contributed by atoms with E-state index in [9.17, 15) is 9.90 Å². The molecule has 1 fully saturated rings. The molecule has 0 N–H and O–H groups in total. The standard InChI is InChI=1S/C12H22NO3/c1-12(2,3)16-11(15)10(14)9-5-7-13(4)8-6-9/h9-10H,5-8H2,1-4H3/t10-/m0/s1. The summed E-state index contributed by atoms with van der Waals surface area (Å²) in [4.78, 5) is 13.8. The second-order valence-corrected chi connectivity index (χ2v) is 5.59. The van der Waals surface area contributed by atoms with Crippen LogP contribution in [0.25, 0.3) is 0 Å². The van der Waals surface area contributed by atoms with Crippen molar-refractivity contribution in [2.75, 3.05) is 20.1 Å². The van der Waals surface area contributed by atoms with Gasteiger partial charge in [-0.15, -0.1) is 0 Å². The largest absolute Gasteiger partial charge is 0.458 e. The molecule has 4 heteroatoms. The first-order valence-corrected chi connectivity index (χ1v) is 5.87. The van der Waals surface area contributed by atoms with E-state index in [1.807, 2.05) is 7.05 Å². The van der Waals surface area contributed by atoms with Crippen LogP contribution in [0.1, 0.15) is 33.6 Å². The molecule has 4 nitrogen and oxygen atoms in total. The molecule has 0 spiro atoms. The normalized spacial score (nSPS) is 21.8. The van der Waals surface area contributed by atoms with Gasteiger partial charge in [0.25, 0.3) is 0 Å². The number of nitrogens with zero attached hydrogens (tertiary/aromatic N) is 1. The summed E-state index contributed by atoms with van der Waals surface area (Å²) < 4.78 is 5.11. The summed E-state index contributed by atoms with van der Waals surface area (Å²) in [5.41, 5.74) is -0.564. The predicted molar refractivity (Wildman–Crippen MR) is 60.5 cm³/mol. The highest BCUT2D eigenvalue weighted by Gasteiger charge is 2.33. The first-order valence-electron chi connectivity index (χ1n) is 5.87. The first-order chi connectivity index (χ1) is 7.29. The van der Waals surface area contributed by atoms with Gasteiger partial charge in [0.2, 0.25) is 0 Å². The van der Waals surface area contributed by atoms with Crippen molar-refractivity contribution >= 4 is 5.97 Å². The van der Waals surface area contributed by atoms with E-state index < -0.39 is 17.7 Å². The highest BCUT2D eigenvalue weighted by atomic mass is 16.6. The van der Waals surface area contributed by atoms with Crippen molar-refractivity contribution in [1.29, 1.82) is 0 Å². The second-order valence-electron chi connectivity index (χ2n) is 5.59. The van der Waals surface area contributed by atoms with Crippen LogP contribution in [0.2, 0.25) is 0 Å². The van der Waals surface area contributed by atoms with E-state index in [1.54, 1.807) is 20.8 Å². The molecule has 0 unspecified atom stereocenters. The molecule has 93 valence electrons. The van der Waals surface area contributed by atoms with E-state index in [0.29, 0.717) is 0 Å². The molecule has 1 aliphatic rings. The van der Waals surface area contributed by atoms with Crippen LogP contribution in [0.3, 0.4) is 0 Å². The van der Waals surface area contributed by atoms with Gasteiger partial charge in [-0.25, -0.2) is 9.90 Å². The molecule has 1 saturated heterocycles. The van der Waals surface area contributed by atoms with Gasteiger partial charge in [0.1, 0.15) is 5.60 Å². The van der Waals surface area contributed by atoms with Crippen molar-refractivity contribution in [3.8, 4) is 0 Å². The molecule has 1 atom stereocenters. The summed E-state index contributed by atoms with van der Waals surface area (Å²) in [6.07, 6.45) is 0.376. The van der Waals surface area contributed by atoms with E-state index in [1.165, 1.54) is 0 Å². The van der Waals surface area contributed by atoms with Crippen molar-refractivity contribution in [2.45, 2.75) is 45.3 Å². The number of carbonyl (C=O) groups excluding carboxylic acids is 1. The third kappa shape index (κ3) is 4.10. The molecule has 0 saturated carbocycles. The maximum absolute atomic E-state index is 11.9. The fourth-order valence-corrected chi connectivity index (χ4v) is 1.88. The molecule has 0 aromatic heterocycles. The van der Waals surface area contributed by atoms with Crippen molar-refractivity contribution in [1.82, 2.24) is 4.90 Å². The topological polar surface area (TPSA) is 49.4 Å². The number of ether oxygens (including phenoxy) is 1. The fourth-order valence-electron chi connectivity index (χ4n) is 1.88. The summed E-state index contributed by atoms with van der Waals surface area (Å²) >= 11 is 0. The van der Waals surface area contributed by atoms with Gasteiger partial charge in [0.05, 0.1) is 0 Å². The minimum Gasteiger partial charge on any atom is -0.458 e. The minimum absolute atomic E-state index is 0.0638. The third-order valence-corrected chi connectivity index (χ3v) is 2.83. The van der Waals surface area contributed by atoms with E-state index in [-0.39, 0.29) is 5.92 Å². The van der Waals surface area contributed by atoms with Crippen molar-refractivity contribution < 1.29 is 14.6 Å². The Kier molecular flexibility index (Phi) is 4.33.